The van der Waals surface area contributed by atoms with Crippen molar-refractivity contribution in [1.29, 1.82) is 0 Å². The van der Waals surface area contributed by atoms with Gasteiger partial charge in [-0.05, 0) is 20.8 Å². The molecule has 1 amide bonds. The molecule has 0 saturated carbocycles. The van der Waals surface area contributed by atoms with Gasteiger partial charge in [0.05, 0.1) is 12.5 Å². The van der Waals surface area contributed by atoms with Gasteiger partial charge in [0.1, 0.15) is 6.54 Å². The van der Waals surface area contributed by atoms with Crippen LogP contribution in [0.2, 0.25) is 0 Å². The van der Waals surface area contributed by atoms with E-state index in [-0.39, 0.29) is 18.3 Å². The van der Waals surface area contributed by atoms with Gasteiger partial charge < -0.3 is 9.64 Å². The Balaban J connectivity index is 4.54. The highest BCUT2D eigenvalue weighted by Crippen LogP contribution is 2.20. The van der Waals surface area contributed by atoms with Crippen LogP contribution in [-0.4, -0.2) is 42.9 Å². The van der Waals surface area contributed by atoms with Crippen molar-refractivity contribution in [2.24, 2.45) is 5.41 Å². The fourth-order valence-electron chi connectivity index (χ4n) is 1.03. The molecule has 0 aromatic carbocycles. The van der Waals surface area contributed by atoms with Gasteiger partial charge in [0.25, 0.3) is 0 Å². The van der Waals surface area contributed by atoms with E-state index >= 15 is 0 Å². The third-order valence-corrected chi connectivity index (χ3v) is 2.80. The van der Waals surface area contributed by atoms with E-state index in [2.05, 4.69) is 4.74 Å². The summed E-state index contributed by atoms with van der Waals surface area (Å²) in [6, 6.07) is 0. The van der Waals surface area contributed by atoms with Crippen molar-refractivity contribution >= 4 is 23.5 Å². The zero-order valence-corrected chi connectivity index (χ0v) is 10.4. The number of esters is 1. The Morgan fingerprint density at radius 1 is 1.40 bits per heavy atom. The van der Waals surface area contributed by atoms with Crippen LogP contribution >= 0.6 is 11.6 Å². The average molecular weight is 236 g/mol. The molecule has 0 aliphatic rings. The van der Waals surface area contributed by atoms with Crippen LogP contribution in [0.4, 0.5) is 0 Å². The van der Waals surface area contributed by atoms with E-state index in [1.165, 1.54) is 12.0 Å². The van der Waals surface area contributed by atoms with Crippen molar-refractivity contribution < 1.29 is 14.3 Å². The van der Waals surface area contributed by atoms with E-state index in [0.29, 0.717) is 6.54 Å². The molecule has 0 radical (unpaired) electrons. The number of rotatable bonds is 5. The van der Waals surface area contributed by atoms with Crippen molar-refractivity contribution in [2.75, 3.05) is 26.1 Å². The number of hydrogen-bond acceptors (Lipinski definition) is 3. The summed E-state index contributed by atoms with van der Waals surface area (Å²) in [5.41, 5.74) is -0.647. The molecule has 0 atom stereocenters. The van der Waals surface area contributed by atoms with Crippen LogP contribution in [0.5, 0.6) is 0 Å². The lowest BCUT2D eigenvalue weighted by Crippen LogP contribution is -2.44. The van der Waals surface area contributed by atoms with Gasteiger partial charge in [-0.2, -0.15) is 0 Å². The van der Waals surface area contributed by atoms with Crippen molar-refractivity contribution in [2.45, 2.75) is 20.8 Å². The van der Waals surface area contributed by atoms with Crippen LogP contribution in [0.25, 0.3) is 0 Å². The fraction of sp³-hybridized carbons (Fsp3) is 0.800. The molecule has 0 saturated heterocycles. The van der Waals surface area contributed by atoms with E-state index in [9.17, 15) is 9.59 Å². The zero-order chi connectivity index (χ0) is 12.1. The molecule has 0 heterocycles. The summed E-state index contributed by atoms with van der Waals surface area (Å²) >= 11 is 5.70. The minimum Gasteiger partial charge on any atom is -0.468 e. The molecule has 0 rings (SSSR count). The summed E-state index contributed by atoms with van der Waals surface area (Å²) < 4.78 is 4.51. The average Bonchev–Trinajstić information content (AvgIpc) is 2.24. The van der Waals surface area contributed by atoms with Crippen molar-refractivity contribution in [3.63, 3.8) is 0 Å². The normalized spacial score (nSPS) is 11.0. The second kappa shape index (κ2) is 5.95. The molecule has 0 bridgehead atoms. The maximum Gasteiger partial charge on any atom is 0.325 e. The van der Waals surface area contributed by atoms with Gasteiger partial charge in [-0.25, -0.2) is 0 Å². The third kappa shape index (κ3) is 4.08. The Hall–Kier alpha value is -0.770. The Bertz CT molecular complexity index is 241. The largest absolute Gasteiger partial charge is 0.468 e. The lowest BCUT2D eigenvalue weighted by molar-refractivity contribution is -0.150. The first-order valence-electron chi connectivity index (χ1n) is 4.81. The van der Waals surface area contributed by atoms with Gasteiger partial charge in [-0.3, -0.25) is 9.59 Å². The molecule has 5 heteroatoms. The number of halogens is 1. The molecule has 88 valence electrons. The number of ether oxygens (including phenoxy) is 1. The van der Waals surface area contributed by atoms with E-state index in [1.807, 2.05) is 6.92 Å². The van der Waals surface area contributed by atoms with Crippen LogP contribution < -0.4 is 0 Å². The summed E-state index contributed by atoms with van der Waals surface area (Å²) in [7, 11) is 1.30. The Morgan fingerprint density at radius 3 is 2.27 bits per heavy atom. The number of alkyl halides is 1. The number of amides is 1. The number of likely N-dealkylation sites (N-methyl/N-ethyl adjacent to an activating group) is 1. The number of methoxy groups -OCH3 is 1. The van der Waals surface area contributed by atoms with Gasteiger partial charge in [-0.15, -0.1) is 11.6 Å². The van der Waals surface area contributed by atoms with E-state index in [1.54, 1.807) is 13.8 Å². The fourth-order valence-corrected chi connectivity index (χ4v) is 1.15. The summed E-state index contributed by atoms with van der Waals surface area (Å²) in [6.07, 6.45) is 0. The lowest BCUT2D eigenvalue weighted by Gasteiger charge is -2.28. The zero-order valence-electron chi connectivity index (χ0n) is 9.67. The highest BCUT2D eigenvalue weighted by Gasteiger charge is 2.31. The van der Waals surface area contributed by atoms with Gasteiger partial charge in [0.2, 0.25) is 5.91 Å². The molecule has 0 aliphatic heterocycles. The van der Waals surface area contributed by atoms with Crippen LogP contribution in [0, 0.1) is 5.41 Å². The lowest BCUT2D eigenvalue weighted by atomic mass is 9.94. The van der Waals surface area contributed by atoms with Crippen LogP contribution in [-0.2, 0) is 14.3 Å². The summed E-state index contributed by atoms with van der Waals surface area (Å²) in [6.45, 7) is 5.76. The van der Waals surface area contributed by atoms with Crippen LogP contribution in [0.1, 0.15) is 20.8 Å². The molecule has 0 aromatic rings. The molecule has 15 heavy (non-hydrogen) atoms. The van der Waals surface area contributed by atoms with E-state index in [4.69, 9.17) is 11.6 Å². The molecule has 0 aliphatic carbocycles. The maximum absolute atomic E-state index is 11.9. The topological polar surface area (TPSA) is 46.6 Å². The molecular weight excluding hydrogens is 218 g/mol. The SMILES string of the molecule is CCN(CC(=O)OC)C(=O)C(C)(C)CCl. The summed E-state index contributed by atoms with van der Waals surface area (Å²) in [5, 5.41) is 0. The molecule has 0 unspecified atom stereocenters. The second-order valence-electron chi connectivity index (χ2n) is 3.91. The molecule has 0 N–H and O–H groups in total. The first kappa shape index (κ1) is 14.2. The molecule has 0 aromatic heterocycles. The highest BCUT2D eigenvalue weighted by molar-refractivity contribution is 6.19. The number of hydrogen-bond donors (Lipinski definition) is 0. The third-order valence-electron chi connectivity index (χ3n) is 2.13. The monoisotopic (exact) mass is 235 g/mol. The number of nitrogens with zero attached hydrogens (tertiary/aromatic N) is 1. The first-order valence-corrected chi connectivity index (χ1v) is 5.34. The number of carbonyl (C=O) groups excluding carboxylic acids is 2. The standard InChI is InChI=1S/C10H18ClNO3/c1-5-12(6-8(13)15-4)9(14)10(2,3)7-11/h5-7H2,1-4H3. The Kier molecular flexibility index (Phi) is 5.65. The Labute approximate surface area is 95.5 Å². The first-order chi connectivity index (χ1) is 6.88. The van der Waals surface area contributed by atoms with Crippen molar-refractivity contribution in [3.05, 3.63) is 0 Å². The minimum absolute atomic E-state index is 0.0217. The van der Waals surface area contributed by atoms with Crippen LogP contribution in [0.3, 0.4) is 0 Å². The molecule has 4 nitrogen and oxygen atoms in total. The van der Waals surface area contributed by atoms with E-state index in [0.717, 1.165) is 0 Å². The molecule has 0 fully saturated rings. The predicted octanol–water partition coefficient (Wildman–Crippen LogP) is 1.27. The van der Waals surface area contributed by atoms with Gasteiger partial charge >= 0.3 is 5.97 Å². The number of carbonyl (C=O) groups is 2. The second-order valence-corrected chi connectivity index (χ2v) is 4.18. The highest BCUT2D eigenvalue weighted by atomic mass is 35.5. The quantitative estimate of drug-likeness (QED) is 0.533. The van der Waals surface area contributed by atoms with Crippen molar-refractivity contribution in [1.82, 2.24) is 4.90 Å². The van der Waals surface area contributed by atoms with Gasteiger partial charge in [0.15, 0.2) is 0 Å². The smallest absolute Gasteiger partial charge is 0.325 e. The summed E-state index contributed by atoms with van der Waals surface area (Å²) in [5.74, 6) is -0.329. The Morgan fingerprint density at radius 2 is 1.93 bits per heavy atom. The minimum atomic E-state index is -0.647. The van der Waals surface area contributed by atoms with E-state index < -0.39 is 11.4 Å². The molecule has 0 spiro atoms. The van der Waals surface area contributed by atoms with Gasteiger partial charge in [-0.1, -0.05) is 0 Å². The van der Waals surface area contributed by atoms with Crippen LogP contribution in [0.15, 0.2) is 0 Å². The van der Waals surface area contributed by atoms with Gasteiger partial charge in [0, 0.05) is 12.4 Å². The summed E-state index contributed by atoms with van der Waals surface area (Å²) in [4.78, 5) is 24.4. The molecular formula is C10H18ClNO3. The van der Waals surface area contributed by atoms with Crippen molar-refractivity contribution in [3.8, 4) is 0 Å². The maximum atomic E-state index is 11.9. The predicted molar refractivity (Wildman–Crippen MR) is 58.8 cm³/mol.